The normalized spacial score (nSPS) is 10.7. The second-order valence-corrected chi connectivity index (χ2v) is 6.42. The summed E-state index contributed by atoms with van der Waals surface area (Å²) in [5.74, 6) is -0.454. The molecule has 6 heteroatoms. The highest BCUT2D eigenvalue weighted by Crippen LogP contribution is 2.25. The van der Waals surface area contributed by atoms with Crippen LogP contribution in [0.3, 0.4) is 0 Å². The highest BCUT2D eigenvalue weighted by atomic mass is 35.5. The monoisotopic (exact) mass is 369 g/mol. The maximum Gasteiger partial charge on any atom is 0.240 e. The van der Waals surface area contributed by atoms with Crippen molar-refractivity contribution in [3.8, 4) is 0 Å². The number of nitrogens with zero attached hydrogens (tertiary/aromatic N) is 1. The molecule has 0 spiro atoms. The molecule has 3 aromatic rings. The van der Waals surface area contributed by atoms with Gasteiger partial charge in [-0.15, -0.1) is 0 Å². The fourth-order valence-corrected chi connectivity index (χ4v) is 3.15. The van der Waals surface area contributed by atoms with Crippen molar-refractivity contribution in [3.63, 3.8) is 0 Å². The minimum atomic E-state index is -0.232. The van der Waals surface area contributed by atoms with Crippen LogP contribution in [0.2, 0.25) is 5.02 Å². The molecule has 0 saturated heterocycles. The molecular formula is C20H20ClN3O2. The SMILES string of the molecule is CC(=O)N(CC(=O)NCCc1c[nH]c2ccccc12)c1ccccc1Cl. The van der Waals surface area contributed by atoms with Crippen molar-refractivity contribution in [2.45, 2.75) is 13.3 Å². The number of aromatic amines is 1. The topological polar surface area (TPSA) is 65.2 Å². The lowest BCUT2D eigenvalue weighted by Gasteiger charge is -2.21. The van der Waals surface area contributed by atoms with Crippen molar-refractivity contribution in [1.29, 1.82) is 0 Å². The lowest BCUT2D eigenvalue weighted by molar-refractivity contribution is -0.123. The van der Waals surface area contributed by atoms with Crippen LogP contribution in [0, 0.1) is 0 Å². The second kappa shape index (κ2) is 8.06. The van der Waals surface area contributed by atoms with E-state index in [0.29, 0.717) is 23.7 Å². The van der Waals surface area contributed by atoms with Crippen molar-refractivity contribution in [3.05, 3.63) is 65.3 Å². The van der Waals surface area contributed by atoms with Gasteiger partial charge in [-0.1, -0.05) is 41.9 Å². The number of amides is 2. The summed E-state index contributed by atoms with van der Waals surface area (Å²) in [5, 5.41) is 4.47. The lowest BCUT2D eigenvalue weighted by atomic mass is 10.1. The molecule has 1 aromatic heterocycles. The number of nitrogens with one attached hydrogen (secondary N) is 2. The van der Waals surface area contributed by atoms with Gasteiger partial charge in [0, 0.05) is 30.6 Å². The minimum absolute atomic E-state index is 0.0625. The third-order valence-electron chi connectivity index (χ3n) is 4.22. The van der Waals surface area contributed by atoms with E-state index in [1.165, 1.54) is 11.8 Å². The Morgan fingerprint density at radius 3 is 2.62 bits per heavy atom. The number of H-pyrrole nitrogens is 1. The summed E-state index contributed by atoms with van der Waals surface area (Å²) >= 11 is 6.14. The van der Waals surface area contributed by atoms with E-state index in [1.807, 2.05) is 24.4 Å². The highest BCUT2D eigenvalue weighted by molar-refractivity contribution is 6.33. The van der Waals surface area contributed by atoms with E-state index in [-0.39, 0.29) is 18.4 Å². The maximum atomic E-state index is 12.3. The third-order valence-corrected chi connectivity index (χ3v) is 4.54. The van der Waals surface area contributed by atoms with Crippen LogP contribution in [-0.4, -0.2) is 29.9 Å². The number of carbonyl (C=O) groups is 2. The summed E-state index contributed by atoms with van der Waals surface area (Å²) in [7, 11) is 0. The van der Waals surface area contributed by atoms with Gasteiger partial charge < -0.3 is 15.2 Å². The van der Waals surface area contributed by atoms with E-state index >= 15 is 0 Å². The van der Waals surface area contributed by atoms with E-state index in [1.54, 1.807) is 24.3 Å². The number of fused-ring (bicyclic) bond motifs is 1. The van der Waals surface area contributed by atoms with Gasteiger partial charge in [0.15, 0.2) is 0 Å². The second-order valence-electron chi connectivity index (χ2n) is 6.02. The summed E-state index contributed by atoms with van der Waals surface area (Å²) in [4.78, 5) is 28.8. The predicted molar refractivity (Wildman–Crippen MR) is 104 cm³/mol. The molecule has 0 aliphatic carbocycles. The number of hydrogen-bond donors (Lipinski definition) is 2. The Kier molecular flexibility index (Phi) is 5.58. The number of para-hydroxylation sites is 2. The molecule has 0 radical (unpaired) electrons. The van der Waals surface area contributed by atoms with Crippen LogP contribution in [-0.2, 0) is 16.0 Å². The predicted octanol–water partition coefficient (Wildman–Crippen LogP) is 3.53. The molecular weight excluding hydrogens is 350 g/mol. The summed E-state index contributed by atoms with van der Waals surface area (Å²) in [6.07, 6.45) is 2.67. The van der Waals surface area contributed by atoms with Crippen LogP contribution < -0.4 is 10.2 Å². The first-order chi connectivity index (χ1) is 12.6. The zero-order valence-electron chi connectivity index (χ0n) is 14.5. The van der Waals surface area contributed by atoms with E-state index in [2.05, 4.69) is 16.4 Å². The number of carbonyl (C=O) groups excluding carboxylic acids is 2. The summed E-state index contributed by atoms with van der Waals surface area (Å²) < 4.78 is 0. The van der Waals surface area contributed by atoms with Crippen molar-refractivity contribution in [2.24, 2.45) is 0 Å². The quantitative estimate of drug-likeness (QED) is 0.698. The molecule has 3 rings (SSSR count). The zero-order valence-corrected chi connectivity index (χ0v) is 15.2. The van der Waals surface area contributed by atoms with Gasteiger partial charge in [0.25, 0.3) is 0 Å². The average Bonchev–Trinajstić information content (AvgIpc) is 3.04. The van der Waals surface area contributed by atoms with Gasteiger partial charge in [0.2, 0.25) is 11.8 Å². The Bertz CT molecular complexity index is 935. The Hall–Kier alpha value is -2.79. The third kappa shape index (κ3) is 4.06. The van der Waals surface area contributed by atoms with Crippen LogP contribution in [0.5, 0.6) is 0 Å². The lowest BCUT2D eigenvalue weighted by Crippen LogP contribution is -2.40. The first-order valence-corrected chi connectivity index (χ1v) is 8.78. The molecule has 0 saturated carbocycles. The van der Waals surface area contributed by atoms with Crippen LogP contribution in [0.1, 0.15) is 12.5 Å². The van der Waals surface area contributed by atoms with E-state index < -0.39 is 0 Å². The molecule has 5 nitrogen and oxygen atoms in total. The Morgan fingerprint density at radius 2 is 1.85 bits per heavy atom. The molecule has 2 amide bonds. The number of rotatable bonds is 6. The van der Waals surface area contributed by atoms with Gasteiger partial charge in [-0.3, -0.25) is 9.59 Å². The molecule has 0 aliphatic heterocycles. The smallest absolute Gasteiger partial charge is 0.240 e. The molecule has 0 atom stereocenters. The summed E-state index contributed by atoms with van der Waals surface area (Å²) in [6, 6.07) is 15.0. The van der Waals surface area contributed by atoms with Gasteiger partial charge in [-0.25, -0.2) is 0 Å². The number of hydrogen-bond acceptors (Lipinski definition) is 2. The van der Waals surface area contributed by atoms with Crippen molar-refractivity contribution in [1.82, 2.24) is 10.3 Å². The highest BCUT2D eigenvalue weighted by Gasteiger charge is 2.17. The van der Waals surface area contributed by atoms with E-state index in [4.69, 9.17) is 11.6 Å². The first-order valence-electron chi connectivity index (χ1n) is 8.40. The van der Waals surface area contributed by atoms with Gasteiger partial charge >= 0.3 is 0 Å². The van der Waals surface area contributed by atoms with Gasteiger partial charge in [0.05, 0.1) is 10.7 Å². The molecule has 2 aromatic carbocycles. The maximum absolute atomic E-state index is 12.3. The summed E-state index contributed by atoms with van der Waals surface area (Å²) in [5.41, 5.74) is 2.76. The van der Waals surface area contributed by atoms with Crippen molar-refractivity contribution >= 4 is 40.0 Å². The van der Waals surface area contributed by atoms with Crippen molar-refractivity contribution in [2.75, 3.05) is 18.0 Å². The van der Waals surface area contributed by atoms with Gasteiger partial charge in [-0.2, -0.15) is 0 Å². The fraction of sp³-hybridized carbons (Fsp3) is 0.200. The Morgan fingerprint density at radius 1 is 1.12 bits per heavy atom. The van der Waals surface area contributed by atoms with Crippen LogP contribution in [0.4, 0.5) is 5.69 Å². The number of aromatic nitrogens is 1. The fourth-order valence-electron chi connectivity index (χ4n) is 2.91. The Balaban J connectivity index is 1.59. The number of anilines is 1. The molecule has 2 N–H and O–H groups in total. The van der Waals surface area contributed by atoms with Crippen molar-refractivity contribution < 1.29 is 9.59 Å². The van der Waals surface area contributed by atoms with Crippen LogP contribution >= 0.6 is 11.6 Å². The molecule has 0 fully saturated rings. The Labute approximate surface area is 157 Å². The molecule has 26 heavy (non-hydrogen) atoms. The number of halogens is 1. The van der Waals surface area contributed by atoms with E-state index in [0.717, 1.165) is 16.5 Å². The van der Waals surface area contributed by atoms with Gasteiger partial charge in [0.1, 0.15) is 6.54 Å². The average molecular weight is 370 g/mol. The molecule has 1 heterocycles. The summed E-state index contributed by atoms with van der Waals surface area (Å²) in [6.45, 7) is 1.85. The zero-order chi connectivity index (χ0) is 18.5. The van der Waals surface area contributed by atoms with E-state index in [9.17, 15) is 9.59 Å². The molecule has 0 bridgehead atoms. The van der Waals surface area contributed by atoms with Gasteiger partial charge in [-0.05, 0) is 30.2 Å². The van der Waals surface area contributed by atoms with Crippen LogP contribution in [0.25, 0.3) is 10.9 Å². The molecule has 0 unspecified atom stereocenters. The minimum Gasteiger partial charge on any atom is -0.361 e. The standard InChI is InChI=1S/C20H20ClN3O2/c1-14(25)24(19-9-5-3-7-17(19)21)13-20(26)22-11-10-15-12-23-18-8-4-2-6-16(15)18/h2-9,12,23H,10-11,13H2,1H3,(H,22,26). The number of benzene rings is 2. The van der Waals surface area contributed by atoms with Crippen LogP contribution in [0.15, 0.2) is 54.7 Å². The first kappa shape index (κ1) is 18.0. The molecule has 134 valence electrons. The molecule has 0 aliphatic rings. The largest absolute Gasteiger partial charge is 0.361 e.